The van der Waals surface area contributed by atoms with Crippen LogP contribution in [0, 0.1) is 0 Å². The predicted molar refractivity (Wildman–Crippen MR) is 120 cm³/mol. The van der Waals surface area contributed by atoms with Crippen molar-refractivity contribution in [1.82, 2.24) is 10.2 Å². The smallest absolute Gasteiger partial charge is 0.353 e. The summed E-state index contributed by atoms with van der Waals surface area (Å²) in [5.41, 5.74) is -3.21. The summed E-state index contributed by atoms with van der Waals surface area (Å²) in [6.45, 7) is 3.71. The second kappa shape index (κ2) is 11.6. The maximum absolute atomic E-state index is 13.2. The second-order valence-electron chi connectivity index (χ2n) is 7.83. The molecule has 4 nitrogen and oxygen atoms in total. The first-order chi connectivity index (χ1) is 16.2. The Kier molecular flexibility index (Phi) is 9.37. The minimum Gasteiger partial charge on any atom is -0.353 e. The van der Waals surface area contributed by atoms with Gasteiger partial charge in [-0.1, -0.05) is 29.8 Å². The summed E-state index contributed by atoms with van der Waals surface area (Å²) < 4.78 is 79.4. The van der Waals surface area contributed by atoms with Gasteiger partial charge in [0.25, 0.3) is 5.91 Å². The van der Waals surface area contributed by atoms with Crippen molar-refractivity contribution in [3.63, 3.8) is 0 Å². The Morgan fingerprint density at radius 3 is 2.06 bits per heavy atom. The average molecular weight is 521 g/mol. The van der Waals surface area contributed by atoms with Gasteiger partial charge in [-0.25, -0.2) is 0 Å². The molecule has 0 spiro atoms. The molecular weight excluding hydrogens is 498 g/mol. The van der Waals surface area contributed by atoms with Gasteiger partial charge >= 0.3 is 12.4 Å². The van der Waals surface area contributed by atoms with Gasteiger partial charge in [-0.15, -0.1) is 6.58 Å². The van der Waals surface area contributed by atoms with E-state index < -0.39 is 41.0 Å². The van der Waals surface area contributed by atoms with E-state index in [2.05, 4.69) is 11.9 Å². The third kappa shape index (κ3) is 8.31. The van der Waals surface area contributed by atoms with Crippen LogP contribution >= 0.6 is 11.6 Å². The molecule has 190 valence electrons. The van der Waals surface area contributed by atoms with Crippen LogP contribution in [0.15, 0.2) is 55.1 Å². The van der Waals surface area contributed by atoms with Crippen molar-refractivity contribution in [2.24, 2.45) is 0 Å². The monoisotopic (exact) mass is 520 g/mol. The quantitative estimate of drug-likeness (QED) is 0.319. The zero-order valence-corrected chi connectivity index (χ0v) is 19.4. The number of carbonyl (C=O) groups excluding carboxylic acids is 2. The molecule has 35 heavy (non-hydrogen) atoms. The SMILES string of the molecule is C=CCNC(=O)CCC(Cc1ccc(Cl)cc1)N(C)C(=O)c1cc(C(F)(F)F)cc(C(F)(F)F)c1. The van der Waals surface area contributed by atoms with Crippen LogP contribution < -0.4 is 5.32 Å². The standard InChI is InChI=1S/C24H23ClF6N2O2/c1-3-10-32-21(34)9-8-20(11-15-4-6-19(25)7-5-15)33(2)22(35)16-12-17(23(26,27)28)14-18(13-16)24(29,30)31/h3-7,12-14,20H,1,8-11H2,2H3,(H,32,34). The lowest BCUT2D eigenvalue weighted by Crippen LogP contribution is -2.39. The first-order valence-electron chi connectivity index (χ1n) is 10.4. The lowest BCUT2D eigenvalue weighted by Gasteiger charge is -2.29. The topological polar surface area (TPSA) is 49.4 Å². The van der Waals surface area contributed by atoms with Crippen molar-refractivity contribution in [3.8, 4) is 0 Å². The van der Waals surface area contributed by atoms with Crippen LogP contribution in [0.25, 0.3) is 0 Å². The number of nitrogens with one attached hydrogen (secondary N) is 1. The molecule has 0 radical (unpaired) electrons. The van der Waals surface area contributed by atoms with E-state index in [-0.39, 0.29) is 37.8 Å². The Balaban J connectivity index is 2.38. The number of benzene rings is 2. The summed E-state index contributed by atoms with van der Waals surface area (Å²) in [4.78, 5) is 26.2. The van der Waals surface area contributed by atoms with Gasteiger partial charge in [0, 0.05) is 36.6 Å². The number of nitrogens with zero attached hydrogens (tertiary/aromatic N) is 1. The molecule has 0 aliphatic carbocycles. The Morgan fingerprint density at radius 1 is 1.03 bits per heavy atom. The zero-order valence-electron chi connectivity index (χ0n) is 18.6. The highest BCUT2D eigenvalue weighted by molar-refractivity contribution is 6.30. The zero-order chi connectivity index (χ0) is 26.4. The summed E-state index contributed by atoms with van der Waals surface area (Å²) in [5, 5.41) is 3.04. The first-order valence-corrected chi connectivity index (χ1v) is 10.8. The molecule has 2 aromatic rings. The number of rotatable bonds is 9. The maximum atomic E-state index is 13.2. The van der Waals surface area contributed by atoms with Crippen LogP contribution in [-0.2, 0) is 23.6 Å². The number of alkyl halides is 6. The van der Waals surface area contributed by atoms with E-state index in [4.69, 9.17) is 11.6 Å². The van der Waals surface area contributed by atoms with E-state index in [1.165, 1.54) is 13.1 Å². The molecule has 11 heteroatoms. The van der Waals surface area contributed by atoms with Crippen molar-refractivity contribution in [2.75, 3.05) is 13.6 Å². The Bertz CT molecular complexity index is 1020. The molecule has 0 aromatic heterocycles. The lowest BCUT2D eigenvalue weighted by molar-refractivity contribution is -0.143. The van der Waals surface area contributed by atoms with Crippen molar-refractivity contribution >= 4 is 23.4 Å². The molecule has 2 rings (SSSR count). The summed E-state index contributed by atoms with van der Waals surface area (Å²) in [5.74, 6) is -1.38. The Morgan fingerprint density at radius 2 is 1.57 bits per heavy atom. The van der Waals surface area contributed by atoms with E-state index in [0.29, 0.717) is 22.7 Å². The number of likely N-dealkylation sites (N-methyl/N-ethyl adjacent to an activating group) is 1. The Hall–Kier alpha value is -3.01. The number of amides is 2. The number of halogens is 7. The van der Waals surface area contributed by atoms with Crippen molar-refractivity contribution in [3.05, 3.63) is 82.4 Å². The van der Waals surface area contributed by atoms with Crippen LogP contribution in [-0.4, -0.2) is 36.3 Å². The van der Waals surface area contributed by atoms with Crippen LogP contribution in [0.5, 0.6) is 0 Å². The van der Waals surface area contributed by atoms with E-state index in [1.807, 2.05) is 0 Å². The Labute approximate surface area is 203 Å². The maximum Gasteiger partial charge on any atom is 0.416 e. The summed E-state index contributed by atoms with van der Waals surface area (Å²) >= 11 is 5.89. The third-order valence-corrected chi connectivity index (χ3v) is 5.49. The van der Waals surface area contributed by atoms with Gasteiger partial charge in [0.2, 0.25) is 5.91 Å². The van der Waals surface area contributed by atoms with Gasteiger partial charge in [-0.2, -0.15) is 26.3 Å². The molecule has 0 aliphatic rings. The molecule has 0 fully saturated rings. The number of hydrogen-bond acceptors (Lipinski definition) is 2. The molecular formula is C24H23ClF6N2O2. The molecule has 0 saturated heterocycles. The fourth-order valence-corrected chi connectivity index (χ4v) is 3.47. The van der Waals surface area contributed by atoms with Gasteiger partial charge < -0.3 is 10.2 Å². The van der Waals surface area contributed by atoms with E-state index in [1.54, 1.807) is 24.3 Å². The van der Waals surface area contributed by atoms with Crippen LogP contribution in [0.2, 0.25) is 5.02 Å². The largest absolute Gasteiger partial charge is 0.416 e. The average Bonchev–Trinajstić information content (AvgIpc) is 2.79. The predicted octanol–water partition coefficient (Wildman–Crippen LogP) is 6.14. The fraction of sp³-hybridized carbons (Fsp3) is 0.333. The van der Waals surface area contributed by atoms with Gasteiger partial charge in [-0.05, 0) is 48.7 Å². The molecule has 0 saturated carbocycles. The molecule has 1 unspecified atom stereocenters. The van der Waals surface area contributed by atoms with Gasteiger partial charge in [0.05, 0.1) is 11.1 Å². The van der Waals surface area contributed by atoms with Crippen molar-refractivity contribution < 1.29 is 35.9 Å². The van der Waals surface area contributed by atoms with Crippen molar-refractivity contribution in [2.45, 2.75) is 37.7 Å². The van der Waals surface area contributed by atoms with E-state index >= 15 is 0 Å². The molecule has 0 aliphatic heterocycles. The molecule has 1 N–H and O–H groups in total. The highest BCUT2D eigenvalue weighted by Gasteiger charge is 2.38. The lowest BCUT2D eigenvalue weighted by atomic mass is 9.98. The minimum atomic E-state index is -5.08. The highest BCUT2D eigenvalue weighted by Crippen LogP contribution is 2.36. The molecule has 1 atom stereocenters. The van der Waals surface area contributed by atoms with Gasteiger partial charge in [-0.3, -0.25) is 9.59 Å². The van der Waals surface area contributed by atoms with Crippen LogP contribution in [0.1, 0.15) is 39.9 Å². The molecule has 0 heterocycles. The molecule has 0 bridgehead atoms. The number of hydrogen-bond donors (Lipinski definition) is 1. The first kappa shape index (κ1) is 28.2. The highest BCUT2D eigenvalue weighted by atomic mass is 35.5. The van der Waals surface area contributed by atoms with Gasteiger partial charge in [0.1, 0.15) is 0 Å². The van der Waals surface area contributed by atoms with Crippen molar-refractivity contribution in [1.29, 1.82) is 0 Å². The second-order valence-corrected chi connectivity index (χ2v) is 8.26. The normalized spacial score (nSPS) is 12.7. The van der Waals surface area contributed by atoms with Crippen LogP contribution in [0.3, 0.4) is 0 Å². The fourth-order valence-electron chi connectivity index (χ4n) is 3.35. The number of carbonyl (C=O) groups is 2. The summed E-state index contributed by atoms with van der Waals surface area (Å²) in [6, 6.07) is 6.61. The van der Waals surface area contributed by atoms with Crippen LogP contribution in [0.4, 0.5) is 26.3 Å². The summed E-state index contributed by atoms with van der Waals surface area (Å²) in [7, 11) is 1.28. The van der Waals surface area contributed by atoms with E-state index in [0.717, 1.165) is 4.90 Å². The van der Waals surface area contributed by atoms with E-state index in [9.17, 15) is 35.9 Å². The summed E-state index contributed by atoms with van der Waals surface area (Å²) in [6.07, 6.45) is -8.41. The third-order valence-electron chi connectivity index (χ3n) is 5.24. The molecule has 2 amide bonds. The molecule has 2 aromatic carbocycles. The van der Waals surface area contributed by atoms with Gasteiger partial charge in [0.15, 0.2) is 0 Å². The minimum absolute atomic E-state index is 0.0277.